The summed E-state index contributed by atoms with van der Waals surface area (Å²) in [6.45, 7) is 0.389. The Labute approximate surface area is 178 Å². The van der Waals surface area contributed by atoms with Gasteiger partial charge in [-0.3, -0.25) is 4.79 Å². The highest BCUT2D eigenvalue weighted by molar-refractivity contribution is 7.99. The van der Waals surface area contributed by atoms with E-state index in [0.717, 1.165) is 11.4 Å². The summed E-state index contributed by atoms with van der Waals surface area (Å²) in [6, 6.07) is 12.6. The standard InChI is InChI=1S/C20H23N5O4S/c1-27-15-7-5-14(6-8-15)22-11-19-23-24-20(25(19)21)30-12-16(26)13-4-9-17(28-2)18(10-13)29-3/h4-10,22H,11-12,21H2,1-3H3. The van der Waals surface area contributed by atoms with Crippen LogP contribution in [-0.4, -0.2) is 47.7 Å². The molecule has 0 aliphatic heterocycles. The first-order valence-electron chi connectivity index (χ1n) is 9.01. The minimum absolute atomic E-state index is 0.0816. The minimum Gasteiger partial charge on any atom is -0.497 e. The van der Waals surface area contributed by atoms with Crippen LogP contribution in [0.15, 0.2) is 47.6 Å². The van der Waals surface area contributed by atoms with E-state index in [1.165, 1.54) is 23.5 Å². The van der Waals surface area contributed by atoms with Crippen molar-refractivity contribution in [3.05, 3.63) is 53.9 Å². The van der Waals surface area contributed by atoms with Crippen molar-refractivity contribution in [3.8, 4) is 17.2 Å². The van der Waals surface area contributed by atoms with Gasteiger partial charge in [-0.15, -0.1) is 10.2 Å². The number of ketones is 1. The van der Waals surface area contributed by atoms with Crippen LogP contribution < -0.4 is 25.4 Å². The van der Waals surface area contributed by atoms with Gasteiger partial charge in [-0.05, 0) is 42.5 Å². The molecule has 0 fully saturated rings. The molecule has 0 atom stereocenters. The number of thioether (sulfide) groups is 1. The highest BCUT2D eigenvalue weighted by Crippen LogP contribution is 2.28. The minimum atomic E-state index is -0.0816. The lowest BCUT2D eigenvalue weighted by molar-refractivity contribution is 0.102. The molecule has 2 aromatic carbocycles. The highest BCUT2D eigenvalue weighted by atomic mass is 32.2. The van der Waals surface area contributed by atoms with Gasteiger partial charge >= 0.3 is 0 Å². The average molecular weight is 430 g/mol. The van der Waals surface area contributed by atoms with Crippen LogP contribution in [0.25, 0.3) is 0 Å². The molecule has 0 saturated carbocycles. The van der Waals surface area contributed by atoms with Gasteiger partial charge in [0.2, 0.25) is 5.16 Å². The van der Waals surface area contributed by atoms with Crippen molar-refractivity contribution in [2.45, 2.75) is 11.7 Å². The summed E-state index contributed by atoms with van der Waals surface area (Å²) < 4.78 is 17.0. The number of carbonyl (C=O) groups is 1. The first kappa shape index (κ1) is 21.3. The predicted octanol–water partition coefficient (Wildman–Crippen LogP) is 2.60. The number of nitrogens with two attached hydrogens (primary N) is 1. The molecular formula is C20H23N5O4S. The molecule has 1 heterocycles. The molecule has 3 rings (SSSR count). The maximum atomic E-state index is 12.5. The Morgan fingerprint density at radius 1 is 1.03 bits per heavy atom. The summed E-state index contributed by atoms with van der Waals surface area (Å²) in [5.41, 5.74) is 1.42. The number of nitrogens with zero attached hydrogens (tertiary/aromatic N) is 3. The maximum Gasteiger partial charge on any atom is 0.210 e. The van der Waals surface area contributed by atoms with E-state index in [0.29, 0.717) is 34.6 Å². The van der Waals surface area contributed by atoms with Crippen molar-refractivity contribution >= 4 is 23.2 Å². The van der Waals surface area contributed by atoms with Crippen LogP contribution in [0.5, 0.6) is 17.2 Å². The number of benzene rings is 2. The number of ether oxygens (including phenoxy) is 3. The van der Waals surface area contributed by atoms with E-state index in [2.05, 4.69) is 15.5 Å². The SMILES string of the molecule is COc1ccc(NCc2nnc(SCC(=O)c3ccc(OC)c(OC)c3)n2N)cc1. The van der Waals surface area contributed by atoms with Gasteiger partial charge in [-0.2, -0.15) is 0 Å². The molecule has 10 heteroatoms. The van der Waals surface area contributed by atoms with Crippen LogP contribution in [-0.2, 0) is 6.54 Å². The van der Waals surface area contributed by atoms with E-state index in [1.54, 1.807) is 32.4 Å². The number of carbonyl (C=O) groups excluding carboxylic acids is 1. The summed E-state index contributed by atoms with van der Waals surface area (Å²) >= 11 is 1.22. The molecule has 9 nitrogen and oxygen atoms in total. The Bertz CT molecular complexity index is 1010. The van der Waals surface area contributed by atoms with E-state index in [1.807, 2.05) is 24.3 Å². The molecular weight excluding hydrogens is 406 g/mol. The van der Waals surface area contributed by atoms with E-state index in [4.69, 9.17) is 20.1 Å². The topological polar surface area (TPSA) is 114 Å². The third-order valence-electron chi connectivity index (χ3n) is 4.31. The summed E-state index contributed by atoms with van der Waals surface area (Å²) in [5, 5.41) is 11.8. The number of anilines is 1. The van der Waals surface area contributed by atoms with Crippen LogP contribution in [0.4, 0.5) is 5.69 Å². The van der Waals surface area contributed by atoms with Crippen molar-refractivity contribution in [3.63, 3.8) is 0 Å². The number of hydrogen-bond donors (Lipinski definition) is 2. The van der Waals surface area contributed by atoms with Gasteiger partial charge in [0.1, 0.15) is 5.75 Å². The highest BCUT2D eigenvalue weighted by Gasteiger charge is 2.15. The summed E-state index contributed by atoms with van der Waals surface area (Å²) in [6.07, 6.45) is 0. The Hall–Kier alpha value is -3.40. The summed E-state index contributed by atoms with van der Waals surface area (Å²) in [4.78, 5) is 12.5. The number of nitrogen functional groups attached to an aromatic ring is 1. The lowest BCUT2D eigenvalue weighted by atomic mass is 10.1. The quantitative estimate of drug-likeness (QED) is 0.285. The number of nitrogens with one attached hydrogen (secondary N) is 1. The average Bonchev–Trinajstić information content (AvgIpc) is 3.15. The lowest BCUT2D eigenvalue weighted by Crippen LogP contribution is -2.17. The van der Waals surface area contributed by atoms with Crippen molar-refractivity contribution in [2.24, 2.45) is 0 Å². The smallest absolute Gasteiger partial charge is 0.210 e. The van der Waals surface area contributed by atoms with Crippen LogP contribution >= 0.6 is 11.8 Å². The fourth-order valence-electron chi connectivity index (χ4n) is 2.64. The van der Waals surface area contributed by atoms with Crippen LogP contribution in [0.2, 0.25) is 0 Å². The third kappa shape index (κ3) is 4.95. The van der Waals surface area contributed by atoms with Gasteiger partial charge in [-0.1, -0.05) is 11.8 Å². The van der Waals surface area contributed by atoms with Crippen molar-refractivity contribution < 1.29 is 19.0 Å². The number of aromatic nitrogens is 3. The molecule has 0 aliphatic rings. The second-order valence-corrected chi connectivity index (χ2v) is 7.07. The van der Waals surface area contributed by atoms with E-state index in [-0.39, 0.29) is 11.5 Å². The molecule has 0 saturated heterocycles. The second kappa shape index (κ2) is 9.88. The second-order valence-electron chi connectivity index (χ2n) is 6.13. The third-order valence-corrected chi connectivity index (χ3v) is 5.26. The Kier molecular flexibility index (Phi) is 7.02. The van der Waals surface area contributed by atoms with Gasteiger partial charge in [0.15, 0.2) is 23.1 Å². The van der Waals surface area contributed by atoms with Crippen molar-refractivity contribution in [1.82, 2.24) is 14.9 Å². The molecule has 30 heavy (non-hydrogen) atoms. The first-order valence-corrected chi connectivity index (χ1v) is 9.99. The molecule has 0 aliphatic carbocycles. The number of methoxy groups -OCH3 is 3. The first-order chi connectivity index (χ1) is 14.5. The molecule has 1 aromatic heterocycles. The van der Waals surface area contributed by atoms with E-state index >= 15 is 0 Å². The normalized spacial score (nSPS) is 10.5. The molecule has 0 spiro atoms. The molecule has 3 N–H and O–H groups in total. The molecule has 158 valence electrons. The zero-order chi connectivity index (χ0) is 21.5. The van der Waals surface area contributed by atoms with Crippen LogP contribution in [0.3, 0.4) is 0 Å². The zero-order valence-electron chi connectivity index (χ0n) is 16.9. The summed E-state index contributed by atoms with van der Waals surface area (Å²) in [5.74, 6) is 8.56. The van der Waals surface area contributed by atoms with Crippen molar-refractivity contribution in [2.75, 3.05) is 38.2 Å². The fraction of sp³-hybridized carbons (Fsp3) is 0.250. The van der Waals surface area contributed by atoms with Gasteiger partial charge in [-0.25, -0.2) is 4.68 Å². The number of rotatable bonds is 10. The van der Waals surface area contributed by atoms with Crippen molar-refractivity contribution in [1.29, 1.82) is 0 Å². The van der Waals surface area contributed by atoms with Crippen LogP contribution in [0.1, 0.15) is 16.2 Å². The maximum absolute atomic E-state index is 12.5. The van der Waals surface area contributed by atoms with Gasteiger partial charge in [0, 0.05) is 11.3 Å². The molecule has 0 radical (unpaired) electrons. The van der Waals surface area contributed by atoms with E-state index in [9.17, 15) is 4.79 Å². The molecule has 0 amide bonds. The molecule has 3 aromatic rings. The van der Waals surface area contributed by atoms with Gasteiger partial charge in [0.25, 0.3) is 0 Å². The molecule has 0 unspecified atom stereocenters. The zero-order valence-corrected chi connectivity index (χ0v) is 17.7. The Morgan fingerprint density at radius 2 is 1.77 bits per heavy atom. The van der Waals surface area contributed by atoms with E-state index < -0.39 is 0 Å². The largest absolute Gasteiger partial charge is 0.497 e. The number of Topliss-reactive ketones (excluding diaryl/α,β-unsaturated/α-hetero) is 1. The Morgan fingerprint density at radius 3 is 2.43 bits per heavy atom. The lowest BCUT2D eigenvalue weighted by Gasteiger charge is -2.09. The predicted molar refractivity (Wildman–Crippen MR) is 115 cm³/mol. The van der Waals surface area contributed by atoms with Crippen LogP contribution in [0, 0.1) is 0 Å². The molecule has 0 bridgehead atoms. The summed E-state index contributed by atoms with van der Waals surface area (Å²) in [7, 11) is 4.69. The van der Waals surface area contributed by atoms with Gasteiger partial charge in [0.05, 0.1) is 33.6 Å². The van der Waals surface area contributed by atoms with Gasteiger partial charge < -0.3 is 25.4 Å². The monoisotopic (exact) mass is 429 g/mol. The fourth-order valence-corrected chi connectivity index (χ4v) is 3.41. The Balaban J connectivity index is 1.58. The number of hydrogen-bond acceptors (Lipinski definition) is 9.